The Bertz CT molecular complexity index is 565. The molecular formula is C15H18Br2N2O2. The lowest BCUT2D eigenvalue weighted by molar-refractivity contribution is 0.261. The summed E-state index contributed by atoms with van der Waals surface area (Å²) >= 11 is 6.73. The molecule has 0 amide bonds. The molecule has 0 atom stereocenters. The maximum absolute atomic E-state index is 5.71. The number of hydrogen-bond donors (Lipinski definition) is 1. The molecule has 2 rings (SSSR count). The number of nitrogens with one attached hydrogen (secondary N) is 1. The van der Waals surface area contributed by atoms with E-state index in [1.807, 2.05) is 44.4 Å². The number of nitrogens with zero attached hydrogens (tertiary/aromatic N) is 1. The molecule has 0 saturated carbocycles. The summed E-state index contributed by atoms with van der Waals surface area (Å²) < 4.78 is 12.9. The number of anilines is 1. The lowest BCUT2D eigenvalue weighted by Gasteiger charge is -2.12. The summed E-state index contributed by atoms with van der Waals surface area (Å²) in [6.07, 6.45) is 0. The summed E-state index contributed by atoms with van der Waals surface area (Å²) in [6, 6.07) is 9.87. The van der Waals surface area contributed by atoms with E-state index in [9.17, 15) is 0 Å². The molecule has 1 aromatic carbocycles. The number of ether oxygens (including phenoxy) is 1. The van der Waals surface area contributed by atoms with Crippen LogP contribution in [0.2, 0.25) is 0 Å². The van der Waals surface area contributed by atoms with Crippen molar-refractivity contribution in [3.05, 3.63) is 45.2 Å². The fourth-order valence-electron chi connectivity index (χ4n) is 1.71. The van der Waals surface area contributed by atoms with Gasteiger partial charge in [0.15, 0.2) is 4.67 Å². The third-order valence-corrected chi connectivity index (χ3v) is 4.51. The Morgan fingerprint density at radius 1 is 1.24 bits per heavy atom. The highest BCUT2D eigenvalue weighted by molar-refractivity contribution is 9.13. The van der Waals surface area contributed by atoms with Gasteiger partial charge in [-0.05, 0) is 64.2 Å². The van der Waals surface area contributed by atoms with E-state index in [4.69, 9.17) is 9.15 Å². The third-order valence-electron chi connectivity index (χ3n) is 2.80. The Labute approximate surface area is 141 Å². The molecule has 1 N–H and O–H groups in total. The van der Waals surface area contributed by atoms with Gasteiger partial charge in [-0.2, -0.15) is 0 Å². The van der Waals surface area contributed by atoms with Gasteiger partial charge >= 0.3 is 0 Å². The Balaban J connectivity index is 1.88. The summed E-state index contributed by atoms with van der Waals surface area (Å²) in [6.45, 7) is 2.19. The van der Waals surface area contributed by atoms with Crippen LogP contribution in [-0.2, 0) is 6.54 Å². The standard InChI is InChI=1S/C15H18Br2N2O2/c1-19(2)6-7-20-12-5-3-4-11(8-12)18-10-13-9-14(16)15(17)21-13/h3-5,8-9,18H,6-7,10H2,1-2H3. The van der Waals surface area contributed by atoms with Crippen molar-refractivity contribution in [1.82, 2.24) is 4.90 Å². The maximum atomic E-state index is 5.71. The third kappa shape index (κ3) is 5.37. The Morgan fingerprint density at radius 2 is 2.05 bits per heavy atom. The molecule has 0 fully saturated rings. The molecule has 0 aliphatic carbocycles. The monoisotopic (exact) mass is 416 g/mol. The minimum absolute atomic E-state index is 0.616. The first-order valence-electron chi connectivity index (χ1n) is 6.60. The second-order valence-electron chi connectivity index (χ2n) is 4.87. The first kappa shape index (κ1) is 16.4. The summed E-state index contributed by atoms with van der Waals surface area (Å²) in [5.41, 5.74) is 1.00. The largest absolute Gasteiger partial charge is 0.492 e. The van der Waals surface area contributed by atoms with Crippen LogP contribution in [0.1, 0.15) is 5.76 Å². The molecule has 1 aromatic heterocycles. The van der Waals surface area contributed by atoms with Gasteiger partial charge < -0.3 is 19.4 Å². The van der Waals surface area contributed by atoms with Crippen molar-refractivity contribution in [3.8, 4) is 5.75 Å². The Morgan fingerprint density at radius 3 is 2.71 bits per heavy atom. The van der Waals surface area contributed by atoms with Gasteiger partial charge in [-0.25, -0.2) is 0 Å². The molecule has 6 heteroatoms. The summed E-state index contributed by atoms with van der Waals surface area (Å²) in [7, 11) is 4.06. The fraction of sp³-hybridized carbons (Fsp3) is 0.333. The molecule has 0 spiro atoms. The molecule has 21 heavy (non-hydrogen) atoms. The van der Waals surface area contributed by atoms with Crippen LogP contribution in [0, 0.1) is 0 Å². The van der Waals surface area contributed by atoms with E-state index >= 15 is 0 Å². The van der Waals surface area contributed by atoms with Crippen molar-refractivity contribution in [2.24, 2.45) is 0 Å². The van der Waals surface area contributed by atoms with Crippen molar-refractivity contribution >= 4 is 37.5 Å². The number of hydrogen-bond acceptors (Lipinski definition) is 4. The topological polar surface area (TPSA) is 37.6 Å². The zero-order chi connectivity index (χ0) is 15.2. The Hall–Kier alpha value is -0.980. The van der Waals surface area contributed by atoms with Crippen LogP contribution in [0.5, 0.6) is 5.75 Å². The van der Waals surface area contributed by atoms with Gasteiger partial charge in [-0.1, -0.05) is 6.07 Å². The maximum Gasteiger partial charge on any atom is 0.183 e. The summed E-state index contributed by atoms with van der Waals surface area (Å²) in [5.74, 6) is 1.72. The minimum Gasteiger partial charge on any atom is -0.492 e. The number of rotatable bonds is 7. The lowest BCUT2D eigenvalue weighted by Crippen LogP contribution is -2.19. The molecule has 0 bridgehead atoms. The zero-order valence-electron chi connectivity index (χ0n) is 12.0. The fourth-order valence-corrected chi connectivity index (χ4v) is 2.37. The molecule has 0 aliphatic rings. The van der Waals surface area contributed by atoms with E-state index in [0.717, 1.165) is 28.2 Å². The van der Waals surface area contributed by atoms with E-state index in [1.165, 1.54) is 0 Å². The van der Waals surface area contributed by atoms with Crippen LogP contribution in [0.25, 0.3) is 0 Å². The number of halogens is 2. The smallest absolute Gasteiger partial charge is 0.183 e. The van der Waals surface area contributed by atoms with Gasteiger partial charge in [-0.3, -0.25) is 0 Å². The van der Waals surface area contributed by atoms with Crippen molar-refractivity contribution < 1.29 is 9.15 Å². The first-order chi connectivity index (χ1) is 10.0. The predicted octanol–water partition coefficient (Wildman–Crippen LogP) is 4.36. The van der Waals surface area contributed by atoms with Gasteiger partial charge in [0.25, 0.3) is 0 Å². The summed E-state index contributed by atoms with van der Waals surface area (Å²) in [4.78, 5) is 2.09. The highest BCUT2D eigenvalue weighted by Crippen LogP contribution is 2.27. The van der Waals surface area contributed by atoms with Gasteiger partial charge in [0.2, 0.25) is 0 Å². The van der Waals surface area contributed by atoms with E-state index in [2.05, 4.69) is 42.1 Å². The molecule has 4 nitrogen and oxygen atoms in total. The normalized spacial score (nSPS) is 10.9. The molecular weight excluding hydrogens is 400 g/mol. The molecule has 0 aliphatic heterocycles. The average Bonchev–Trinajstić information content (AvgIpc) is 2.76. The van der Waals surface area contributed by atoms with E-state index in [0.29, 0.717) is 17.8 Å². The van der Waals surface area contributed by atoms with Gasteiger partial charge in [0.1, 0.15) is 18.1 Å². The van der Waals surface area contributed by atoms with Gasteiger partial charge in [0.05, 0.1) is 11.0 Å². The number of benzene rings is 1. The second kappa shape index (κ2) is 7.87. The zero-order valence-corrected chi connectivity index (χ0v) is 15.2. The van der Waals surface area contributed by atoms with Crippen molar-refractivity contribution in [1.29, 1.82) is 0 Å². The van der Waals surface area contributed by atoms with Crippen molar-refractivity contribution in [3.63, 3.8) is 0 Å². The second-order valence-corrected chi connectivity index (χ2v) is 6.44. The molecule has 2 aromatic rings. The highest BCUT2D eigenvalue weighted by atomic mass is 79.9. The van der Waals surface area contributed by atoms with E-state index in [1.54, 1.807) is 0 Å². The molecule has 0 unspecified atom stereocenters. The van der Waals surface area contributed by atoms with Crippen LogP contribution in [0.3, 0.4) is 0 Å². The predicted molar refractivity (Wildman–Crippen MR) is 91.9 cm³/mol. The number of likely N-dealkylation sites (N-methyl/N-ethyl adjacent to an activating group) is 1. The Kier molecular flexibility index (Phi) is 6.14. The minimum atomic E-state index is 0.616. The molecule has 0 radical (unpaired) electrons. The SMILES string of the molecule is CN(C)CCOc1cccc(NCc2cc(Br)c(Br)o2)c1. The molecule has 114 valence electrons. The average molecular weight is 418 g/mol. The van der Waals surface area contributed by atoms with Crippen molar-refractivity contribution in [2.45, 2.75) is 6.54 Å². The van der Waals surface area contributed by atoms with Crippen LogP contribution in [0.4, 0.5) is 5.69 Å². The van der Waals surface area contributed by atoms with Crippen LogP contribution >= 0.6 is 31.9 Å². The van der Waals surface area contributed by atoms with Gasteiger partial charge in [0, 0.05) is 18.3 Å². The molecule has 0 saturated heterocycles. The first-order valence-corrected chi connectivity index (χ1v) is 8.18. The quantitative estimate of drug-likeness (QED) is 0.726. The lowest BCUT2D eigenvalue weighted by atomic mass is 10.3. The van der Waals surface area contributed by atoms with Gasteiger partial charge in [-0.15, -0.1) is 0 Å². The summed E-state index contributed by atoms with van der Waals surface area (Å²) in [5, 5.41) is 3.32. The number of furan rings is 1. The van der Waals surface area contributed by atoms with Crippen LogP contribution < -0.4 is 10.1 Å². The van der Waals surface area contributed by atoms with E-state index < -0.39 is 0 Å². The van der Waals surface area contributed by atoms with Crippen LogP contribution in [0.15, 0.2) is 43.9 Å². The van der Waals surface area contributed by atoms with Crippen LogP contribution in [-0.4, -0.2) is 32.1 Å². The van der Waals surface area contributed by atoms with E-state index in [-0.39, 0.29) is 0 Å². The van der Waals surface area contributed by atoms with Crippen molar-refractivity contribution in [2.75, 3.05) is 32.6 Å². The highest BCUT2D eigenvalue weighted by Gasteiger charge is 2.06. The molecule has 1 heterocycles.